The number of aryl methyl sites for hydroxylation is 1. The third-order valence-electron chi connectivity index (χ3n) is 2.41. The highest BCUT2D eigenvalue weighted by Crippen LogP contribution is 2.08. The molecule has 1 N–H and O–H groups in total. The highest BCUT2D eigenvalue weighted by molar-refractivity contribution is 5.30. The van der Waals surface area contributed by atoms with E-state index in [1.54, 1.807) is 0 Å². The van der Waals surface area contributed by atoms with Crippen LogP contribution in [0.1, 0.15) is 12.1 Å². The lowest BCUT2D eigenvalue weighted by atomic mass is 10.4. The molecule has 0 aliphatic carbocycles. The zero-order valence-corrected chi connectivity index (χ0v) is 8.53. The van der Waals surface area contributed by atoms with Gasteiger partial charge in [0.15, 0.2) is 0 Å². The van der Waals surface area contributed by atoms with Gasteiger partial charge < -0.3 is 10.2 Å². The van der Waals surface area contributed by atoms with E-state index in [0.717, 1.165) is 44.2 Å². The molecule has 76 valence electrons. The summed E-state index contributed by atoms with van der Waals surface area (Å²) in [7, 11) is 0. The SMILES string of the molecule is Cc1ccnc(N2CCCNCC2)n1. The summed E-state index contributed by atoms with van der Waals surface area (Å²) in [6.07, 6.45) is 2.99. The quantitative estimate of drug-likeness (QED) is 0.707. The number of nitrogens with zero attached hydrogens (tertiary/aromatic N) is 3. The van der Waals surface area contributed by atoms with Gasteiger partial charge in [-0.1, -0.05) is 0 Å². The van der Waals surface area contributed by atoms with Crippen molar-refractivity contribution < 1.29 is 0 Å². The minimum absolute atomic E-state index is 0.869. The van der Waals surface area contributed by atoms with Crippen molar-refractivity contribution in [1.82, 2.24) is 15.3 Å². The van der Waals surface area contributed by atoms with Gasteiger partial charge in [0, 0.05) is 31.5 Å². The number of aromatic nitrogens is 2. The molecule has 14 heavy (non-hydrogen) atoms. The summed E-state index contributed by atoms with van der Waals surface area (Å²) < 4.78 is 0. The van der Waals surface area contributed by atoms with Crippen molar-refractivity contribution in [2.75, 3.05) is 31.1 Å². The molecular weight excluding hydrogens is 176 g/mol. The standard InChI is InChI=1S/C10H16N4/c1-9-3-5-12-10(13-9)14-7-2-4-11-6-8-14/h3,5,11H,2,4,6-8H2,1H3. The third kappa shape index (κ3) is 2.20. The van der Waals surface area contributed by atoms with Gasteiger partial charge in [-0.3, -0.25) is 0 Å². The van der Waals surface area contributed by atoms with Crippen LogP contribution in [-0.2, 0) is 0 Å². The fraction of sp³-hybridized carbons (Fsp3) is 0.600. The Hall–Kier alpha value is -1.16. The Balaban J connectivity index is 2.12. The number of anilines is 1. The van der Waals surface area contributed by atoms with Crippen molar-refractivity contribution in [3.63, 3.8) is 0 Å². The summed E-state index contributed by atoms with van der Waals surface area (Å²) in [5.41, 5.74) is 1.03. The van der Waals surface area contributed by atoms with Gasteiger partial charge in [0.25, 0.3) is 0 Å². The maximum Gasteiger partial charge on any atom is 0.225 e. The molecule has 0 unspecified atom stereocenters. The Morgan fingerprint density at radius 1 is 1.36 bits per heavy atom. The van der Waals surface area contributed by atoms with Crippen LogP contribution in [0, 0.1) is 6.92 Å². The normalized spacial score (nSPS) is 17.9. The summed E-state index contributed by atoms with van der Waals surface area (Å²) in [4.78, 5) is 11.0. The van der Waals surface area contributed by atoms with Crippen molar-refractivity contribution in [3.8, 4) is 0 Å². The first kappa shape index (κ1) is 9.40. The summed E-state index contributed by atoms with van der Waals surface area (Å²) in [5.74, 6) is 0.869. The zero-order valence-electron chi connectivity index (χ0n) is 8.53. The molecule has 1 aromatic rings. The second kappa shape index (κ2) is 4.37. The van der Waals surface area contributed by atoms with E-state index in [1.807, 2.05) is 19.2 Å². The van der Waals surface area contributed by atoms with Crippen LogP contribution < -0.4 is 10.2 Å². The van der Waals surface area contributed by atoms with E-state index in [2.05, 4.69) is 20.2 Å². The second-order valence-electron chi connectivity index (χ2n) is 3.59. The van der Waals surface area contributed by atoms with Gasteiger partial charge in [-0.05, 0) is 26.0 Å². The first-order valence-corrected chi connectivity index (χ1v) is 5.11. The van der Waals surface area contributed by atoms with Gasteiger partial charge in [0.05, 0.1) is 0 Å². The lowest BCUT2D eigenvalue weighted by molar-refractivity contribution is 0.724. The second-order valence-corrected chi connectivity index (χ2v) is 3.59. The topological polar surface area (TPSA) is 41.1 Å². The molecule has 0 amide bonds. The van der Waals surface area contributed by atoms with Gasteiger partial charge in [-0.15, -0.1) is 0 Å². The molecule has 1 saturated heterocycles. The zero-order chi connectivity index (χ0) is 9.80. The van der Waals surface area contributed by atoms with Gasteiger partial charge in [0.1, 0.15) is 0 Å². The molecule has 2 heterocycles. The molecule has 0 radical (unpaired) electrons. The van der Waals surface area contributed by atoms with Crippen molar-refractivity contribution in [2.24, 2.45) is 0 Å². The molecule has 1 fully saturated rings. The third-order valence-corrected chi connectivity index (χ3v) is 2.41. The van der Waals surface area contributed by atoms with E-state index >= 15 is 0 Å². The monoisotopic (exact) mass is 192 g/mol. The van der Waals surface area contributed by atoms with Crippen LogP contribution in [0.25, 0.3) is 0 Å². The Morgan fingerprint density at radius 2 is 2.29 bits per heavy atom. The Bertz CT molecular complexity index is 292. The van der Waals surface area contributed by atoms with E-state index < -0.39 is 0 Å². The van der Waals surface area contributed by atoms with Crippen LogP contribution in [-0.4, -0.2) is 36.1 Å². The maximum absolute atomic E-state index is 4.43. The fourth-order valence-electron chi connectivity index (χ4n) is 1.63. The largest absolute Gasteiger partial charge is 0.339 e. The number of nitrogens with one attached hydrogen (secondary N) is 1. The first-order chi connectivity index (χ1) is 6.86. The Kier molecular flexibility index (Phi) is 2.93. The smallest absolute Gasteiger partial charge is 0.225 e. The molecular formula is C10H16N4. The van der Waals surface area contributed by atoms with Crippen LogP contribution in [0.2, 0.25) is 0 Å². The predicted molar refractivity (Wildman–Crippen MR) is 56.5 cm³/mol. The van der Waals surface area contributed by atoms with Gasteiger partial charge in [-0.25, -0.2) is 9.97 Å². The molecule has 0 spiro atoms. The van der Waals surface area contributed by atoms with Gasteiger partial charge in [-0.2, -0.15) is 0 Å². The Morgan fingerprint density at radius 3 is 3.14 bits per heavy atom. The number of hydrogen-bond donors (Lipinski definition) is 1. The molecule has 0 bridgehead atoms. The number of rotatable bonds is 1. The lowest BCUT2D eigenvalue weighted by Crippen LogP contribution is -2.29. The van der Waals surface area contributed by atoms with Crippen molar-refractivity contribution in [1.29, 1.82) is 0 Å². The maximum atomic E-state index is 4.43. The van der Waals surface area contributed by atoms with Crippen LogP contribution in [0.5, 0.6) is 0 Å². The van der Waals surface area contributed by atoms with Crippen LogP contribution in [0.4, 0.5) is 5.95 Å². The molecule has 1 aliphatic rings. The molecule has 4 heteroatoms. The number of hydrogen-bond acceptors (Lipinski definition) is 4. The molecule has 2 rings (SSSR count). The molecule has 4 nitrogen and oxygen atoms in total. The summed E-state index contributed by atoms with van der Waals surface area (Å²) in [6.45, 7) is 6.18. The minimum atomic E-state index is 0.869. The molecule has 0 saturated carbocycles. The molecule has 1 aliphatic heterocycles. The van der Waals surface area contributed by atoms with Crippen molar-refractivity contribution >= 4 is 5.95 Å². The fourth-order valence-corrected chi connectivity index (χ4v) is 1.63. The van der Waals surface area contributed by atoms with E-state index in [9.17, 15) is 0 Å². The highest BCUT2D eigenvalue weighted by atomic mass is 15.3. The highest BCUT2D eigenvalue weighted by Gasteiger charge is 2.11. The van der Waals surface area contributed by atoms with Crippen LogP contribution >= 0.6 is 0 Å². The van der Waals surface area contributed by atoms with E-state index in [4.69, 9.17) is 0 Å². The summed E-state index contributed by atoms with van der Waals surface area (Å²) in [5, 5.41) is 3.36. The van der Waals surface area contributed by atoms with Crippen molar-refractivity contribution in [2.45, 2.75) is 13.3 Å². The van der Waals surface area contributed by atoms with Crippen molar-refractivity contribution in [3.05, 3.63) is 18.0 Å². The molecule has 0 atom stereocenters. The molecule has 0 aromatic carbocycles. The molecule has 1 aromatic heterocycles. The first-order valence-electron chi connectivity index (χ1n) is 5.11. The Labute approximate surface area is 84.4 Å². The summed E-state index contributed by atoms with van der Waals surface area (Å²) in [6, 6.07) is 1.93. The van der Waals surface area contributed by atoms with Gasteiger partial charge in [0.2, 0.25) is 5.95 Å². The predicted octanol–water partition coefficient (Wildman–Crippen LogP) is 0.585. The van der Waals surface area contributed by atoms with E-state index in [0.29, 0.717) is 0 Å². The van der Waals surface area contributed by atoms with Crippen LogP contribution in [0.15, 0.2) is 12.3 Å². The van der Waals surface area contributed by atoms with E-state index in [1.165, 1.54) is 0 Å². The van der Waals surface area contributed by atoms with Crippen LogP contribution in [0.3, 0.4) is 0 Å². The average Bonchev–Trinajstić information content (AvgIpc) is 2.45. The lowest BCUT2D eigenvalue weighted by Gasteiger charge is -2.19. The van der Waals surface area contributed by atoms with E-state index in [-0.39, 0.29) is 0 Å². The minimum Gasteiger partial charge on any atom is -0.339 e. The van der Waals surface area contributed by atoms with Gasteiger partial charge >= 0.3 is 0 Å². The average molecular weight is 192 g/mol. The summed E-state index contributed by atoms with van der Waals surface area (Å²) >= 11 is 0.